The van der Waals surface area contributed by atoms with Gasteiger partial charge in [-0.3, -0.25) is 0 Å². The maximum atomic E-state index is 4.44. The second-order valence-electron chi connectivity index (χ2n) is 9.97. The Hall–Kier alpha value is -2.14. The largest absolute Gasteiger partial charge is 0.346 e. The highest BCUT2D eigenvalue weighted by molar-refractivity contribution is 7.19. The molecule has 5 heteroatoms. The molecule has 4 nitrogen and oxygen atoms in total. The van der Waals surface area contributed by atoms with Gasteiger partial charge in [0, 0.05) is 22.0 Å². The highest BCUT2D eigenvalue weighted by atomic mass is 32.1. The van der Waals surface area contributed by atoms with Crippen LogP contribution in [0.15, 0.2) is 12.5 Å². The van der Waals surface area contributed by atoms with E-state index in [-0.39, 0.29) is 0 Å². The third-order valence-electron chi connectivity index (χ3n) is 8.01. The van der Waals surface area contributed by atoms with Crippen LogP contribution in [0.4, 0.5) is 0 Å². The highest BCUT2D eigenvalue weighted by Crippen LogP contribution is 2.56. The van der Waals surface area contributed by atoms with Gasteiger partial charge in [-0.1, -0.05) is 20.3 Å². The Morgan fingerprint density at radius 2 is 1.93 bits per heavy atom. The van der Waals surface area contributed by atoms with E-state index in [1.165, 1.54) is 69.4 Å². The lowest BCUT2D eigenvalue weighted by Gasteiger charge is -2.21. The molecule has 6 rings (SSSR count). The minimum absolute atomic E-state index is 0.459. The molecule has 0 radical (unpaired) electrons. The molecule has 156 valence electrons. The van der Waals surface area contributed by atoms with Crippen LogP contribution in [0.1, 0.15) is 78.5 Å². The fraction of sp³-hybridized carbons (Fsp3) is 0.520. The second kappa shape index (κ2) is 6.43. The van der Waals surface area contributed by atoms with E-state index >= 15 is 0 Å². The van der Waals surface area contributed by atoms with E-state index in [4.69, 9.17) is 0 Å². The van der Waals surface area contributed by atoms with Gasteiger partial charge in [-0.2, -0.15) is 5.10 Å². The van der Waals surface area contributed by atoms with Gasteiger partial charge in [0.1, 0.15) is 11.2 Å². The van der Waals surface area contributed by atoms with Crippen LogP contribution in [0, 0.1) is 32.6 Å². The number of hydrogen-bond donors (Lipinski definition) is 1. The molecule has 4 heterocycles. The fourth-order valence-electron chi connectivity index (χ4n) is 6.41. The summed E-state index contributed by atoms with van der Waals surface area (Å²) < 4.78 is 1.92. The Morgan fingerprint density at radius 3 is 2.63 bits per heavy atom. The van der Waals surface area contributed by atoms with E-state index in [0.29, 0.717) is 5.92 Å². The van der Waals surface area contributed by atoms with Crippen molar-refractivity contribution in [3.63, 3.8) is 0 Å². The van der Waals surface area contributed by atoms with Gasteiger partial charge in [-0.15, -0.1) is 11.3 Å². The number of aromatic amines is 1. The zero-order chi connectivity index (χ0) is 20.7. The molecular formula is C25H30N4S. The Morgan fingerprint density at radius 1 is 1.10 bits per heavy atom. The molecule has 0 spiro atoms. The number of hydrogen-bond acceptors (Lipinski definition) is 3. The minimum atomic E-state index is 0.459. The molecule has 0 aliphatic heterocycles. The van der Waals surface area contributed by atoms with Crippen LogP contribution < -0.4 is 0 Å². The SMILES string of the molecule is Cc1c(-c2[nH]c3sc(C4CC5CC[C@H]4C5)c(C)c3c2C(C)C)cn2ncnc2c1C. The number of aryl methyl sites for hydroxylation is 2. The summed E-state index contributed by atoms with van der Waals surface area (Å²) in [5.41, 5.74) is 8.97. The molecule has 2 aliphatic carbocycles. The quantitative estimate of drug-likeness (QED) is 0.394. The first-order valence-corrected chi connectivity index (χ1v) is 12.2. The van der Waals surface area contributed by atoms with Crippen molar-refractivity contribution in [2.75, 3.05) is 0 Å². The highest BCUT2D eigenvalue weighted by Gasteiger charge is 2.42. The van der Waals surface area contributed by atoms with Gasteiger partial charge in [0.05, 0.1) is 5.69 Å². The van der Waals surface area contributed by atoms with Gasteiger partial charge in [-0.05, 0) is 86.0 Å². The maximum absolute atomic E-state index is 4.44. The van der Waals surface area contributed by atoms with Gasteiger partial charge in [0.2, 0.25) is 0 Å². The molecule has 2 aliphatic rings. The first-order chi connectivity index (χ1) is 14.4. The van der Waals surface area contributed by atoms with E-state index in [2.05, 4.69) is 55.9 Å². The Kier molecular flexibility index (Phi) is 3.99. The van der Waals surface area contributed by atoms with Gasteiger partial charge in [-0.25, -0.2) is 9.50 Å². The molecule has 0 aromatic carbocycles. The van der Waals surface area contributed by atoms with Gasteiger partial charge in [0.25, 0.3) is 0 Å². The number of nitrogens with zero attached hydrogens (tertiary/aromatic N) is 3. The van der Waals surface area contributed by atoms with Crippen LogP contribution in [0.3, 0.4) is 0 Å². The van der Waals surface area contributed by atoms with Crippen LogP contribution in [0.2, 0.25) is 0 Å². The first-order valence-electron chi connectivity index (χ1n) is 11.4. The molecular weight excluding hydrogens is 388 g/mol. The number of fused-ring (bicyclic) bond motifs is 4. The zero-order valence-electron chi connectivity index (χ0n) is 18.5. The third kappa shape index (κ3) is 2.44. The molecule has 0 amide bonds. The molecule has 2 saturated carbocycles. The number of nitrogens with one attached hydrogen (secondary N) is 1. The third-order valence-corrected chi connectivity index (χ3v) is 9.35. The second-order valence-corrected chi connectivity index (χ2v) is 11.0. The fourth-order valence-corrected chi connectivity index (χ4v) is 7.85. The average molecular weight is 419 g/mol. The topological polar surface area (TPSA) is 46.0 Å². The molecule has 1 N–H and O–H groups in total. The lowest BCUT2D eigenvalue weighted by molar-refractivity contribution is 0.424. The molecule has 4 aromatic rings. The van der Waals surface area contributed by atoms with E-state index in [0.717, 1.165) is 23.4 Å². The summed E-state index contributed by atoms with van der Waals surface area (Å²) in [6.07, 6.45) is 9.59. The normalized spacial score (nSPS) is 23.6. The van der Waals surface area contributed by atoms with Gasteiger partial charge >= 0.3 is 0 Å². The molecule has 2 unspecified atom stereocenters. The van der Waals surface area contributed by atoms with E-state index < -0.39 is 0 Å². The van der Waals surface area contributed by atoms with Crippen molar-refractivity contribution in [1.29, 1.82) is 0 Å². The van der Waals surface area contributed by atoms with E-state index in [9.17, 15) is 0 Å². The van der Waals surface area contributed by atoms with Crippen molar-refractivity contribution in [3.05, 3.63) is 39.7 Å². The van der Waals surface area contributed by atoms with Gasteiger partial charge in [0.15, 0.2) is 5.65 Å². The Bertz CT molecular complexity index is 1290. The van der Waals surface area contributed by atoms with Crippen LogP contribution >= 0.6 is 11.3 Å². The predicted octanol–water partition coefficient (Wildman–Crippen LogP) is 6.89. The summed E-state index contributed by atoms with van der Waals surface area (Å²) in [5, 5.41) is 5.91. The Labute approximate surface area is 181 Å². The number of rotatable bonds is 3. The number of pyridine rings is 1. The molecule has 30 heavy (non-hydrogen) atoms. The maximum Gasteiger partial charge on any atom is 0.158 e. The van der Waals surface area contributed by atoms with E-state index in [1.807, 2.05) is 15.9 Å². The number of H-pyrrole nitrogens is 1. The monoisotopic (exact) mass is 418 g/mol. The summed E-state index contributed by atoms with van der Waals surface area (Å²) in [5.74, 6) is 3.17. The minimum Gasteiger partial charge on any atom is -0.346 e. The van der Waals surface area contributed by atoms with Crippen LogP contribution in [-0.2, 0) is 0 Å². The van der Waals surface area contributed by atoms with Crippen molar-refractivity contribution in [2.24, 2.45) is 11.8 Å². The zero-order valence-corrected chi connectivity index (χ0v) is 19.4. The van der Waals surface area contributed by atoms with Crippen molar-refractivity contribution < 1.29 is 0 Å². The number of aromatic nitrogens is 4. The molecule has 2 fully saturated rings. The molecule has 2 bridgehead atoms. The van der Waals surface area contributed by atoms with Crippen molar-refractivity contribution in [3.8, 4) is 11.3 Å². The lowest BCUT2D eigenvalue weighted by atomic mass is 9.85. The Balaban J connectivity index is 1.56. The van der Waals surface area contributed by atoms with Crippen LogP contribution in [0.25, 0.3) is 27.1 Å². The summed E-state index contributed by atoms with van der Waals surface area (Å²) in [7, 11) is 0. The van der Waals surface area contributed by atoms with Crippen molar-refractivity contribution in [1.82, 2.24) is 19.6 Å². The van der Waals surface area contributed by atoms with Crippen molar-refractivity contribution in [2.45, 2.75) is 72.1 Å². The van der Waals surface area contributed by atoms with Crippen LogP contribution in [-0.4, -0.2) is 19.6 Å². The summed E-state index contributed by atoms with van der Waals surface area (Å²) in [6, 6.07) is 0. The van der Waals surface area contributed by atoms with Crippen molar-refractivity contribution >= 4 is 27.2 Å². The standard InChI is InChI=1S/C25H30N4S/c1-12(2)20-21-15(5)23(18-9-16-6-7-17(18)8-16)30-25(21)28-22(20)19-10-29-24(26-11-27-29)14(4)13(19)3/h10-12,16-18,28H,6-9H2,1-5H3/t16?,17-,18?/m0/s1. The summed E-state index contributed by atoms with van der Waals surface area (Å²) in [4.78, 5) is 11.3. The van der Waals surface area contributed by atoms with E-state index in [1.54, 1.807) is 11.2 Å². The predicted molar refractivity (Wildman–Crippen MR) is 125 cm³/mol. The first kappa shape index (κ1) is 18.6. The molecule has 0 saturated heterocycles. The molecule has 4 aromatic heterocycles. The lowest BCUT2D eigenvalue weighted by Crippen LogP contribution is -2.08. The molecule has 3 atom stereocenters. The number of thiophene rings is 1. The summed E-state index contributed by atoms with van der Waals surface area (Å²) in [6.45, 7) is 11.4. The average Bonchev–Trinajstić information content (AvgIpc) is 3.50. The van der Waals surface area contributed by atoms with Gasteiger partial charge < -0.3 is 4.98 Å². The smallest absolute Gasteiger partial charge is 0.158 e. The van der Waals surface area contributed by atoms with Crippen LogP contribution in [0.5, 0.6) is 0 Å². The summed E-state index contributed by atoms with van der Waals surface area (Å²) >= 11 is 2.03.